The molecular formula is C13H21N5O2. The van der Waals surface area contributed by atoms with Crippen LogP contribution >= 0.6 is 0 Å². The molecule has 0 aliphatic carbocycles. The predicted molar refractivity (Wildman–Crippen MR) is 77.9 cm³/mol. The van der Waals surface area contributed by atoms with Gasteiger partial charge in [0.1, 0.15) is 0 Å². The van der Waals surface area contributed by atoms with E-state index in [9.17, 15) is 9.59 Å². The van der Waals surface area contributed by atoms with E-state index in [-0.39, 0.29) is 17.3 Å². The second kappa shape index (κ2) is 5.62. The zero-order valence-corrected chi connectivity index (χ0v) is 12.2. The van der Waals surface area contributed by atoms with Crippen molar-refractivity contribution in [2.45, 2.75) is 39.3 Å². The molecule has 0 radical (unpaired) electrons. The van der Waals surface area contributed by atoms with Gasteiger partial charge in [0.2, 0.25) is 0 Å². The van der Waals surface area contributed by atoms with Gasteiger partial charge in [0.15, 0.2) is 11.2 Å². The smallest absolute Gasteiger partial charge is 0.330 e. The van der Waals surface area contributed by atoms with Crippen LogP contribution in [0.5, 0.6) is 0 Å². The molecule has 0 saturated heterocycles. The normalized spacial score (nSPS) is 11.7. The molecule has 2 heterocycles. The van der Waals surface area contributed by atoms with Crippen LogP contribution in [0.25, 0.3) is 11.2 Å². The maximum absolute atomic E-state index is 12.3. The van der Waals surface area contributed by atoms with E-state index in [0.29, 0.717) is 24.3 Å². The van der Waals surface area contributed by atoms with Gasteiger partial charge < -0.3 is 10.3 Å². The standard InChI is InChI=1S/C13H21N5O2/c1-9(2)18-11-10(12(19)16(3)13(18)20)17(8-15-11)7-5-4-6-14/h8-9H,4-7,14H2,1-3H3. The molecule has 0 fully saturated rings. The van der Waals surface area contributed by atoms with Crippen LogP contribution in [0.4, 0.5) is 0 Å². The molecule has 2 rings (SSSR count). The molecule has 2 N–H and O–H groups in total. The van der Waals surface area contributed by atoms with Crippen LogP contribution in [0.2, 0.25) is 0 Å². The lowest BCUT2D eigenvalue weighted by molar-refractivity contribution is 0.550. The fraction of sp³-hybridized carbons (Fsp3) is 0.615. The van der Waals surface area contributed by atoms with Crippen molar-refractivity contribution in [2.75, 3.05) is 6.54 Å². The Morgan fingerprint density at radius 1 is 1.30 bits per heavy atom. The molecule has 0 atom stereocenters. The van der Waals surface area contributed by atoms with E-state index in [4.69, 9.17) is 5.73 Å². The largest absolute Gasteiger partial charge is 0.332 e. The predicted octanol–water partition coefficient (Wildman–Crippen LogP) is 0.217. The maximum Gasteiger partial charge on any atom is 0.332 e. The van der Waals surface area contributed by atoms with Crippen molar-refractivity contribution in [3.63, 3.8) is 0 Å². The number of imidazole rings is 1. The summed E-state index contributed by atoms with van der Waals surface area (Å²) in [5.41, 5.74) is 5.80. The van der Waals surface area contributed by atoms with E-state index in [1.807, 2.05) is 18.4 Å². The molecule has 7 nitrogen and oxygen atoms in total. The third-order valence-electron chi connectivity index (χ3n) is 3.42. The molecule has 110 valence electrons. The van der Waals surface area contributed by atoms with E-state index in [1.165, 1.54) is 7.05 Å². The average molecular weight is 279 g/mol. The molecule has 0 spiro atoms. The summed E-state index contributed by atoms with van der Waals surface area (Å²) in [6.45, 7) is 5.11. The van der Waals surface area contributed by atoms with Crippen molar-refractivity contribution in [1.29, 1.82) is 0 Å². The first kappa shape index (κ1) is 14.5. The van der Waals surface area contributed by atoms with Gasteiger partial charge >= 0.3 is 5.69 Å². The average Bonchev–Trinajstić information content (AvgIpc) is 2.80. The Bertz CT molecular complexity index is 723. The van der Waals surface area contributed by atoms with Gasteiger partial charge in [-0.3, -0.25) is 13.9 Å². The summed E-state index contributed by atoms with van der Waals surface area (Å²) in [4.78, 5) is 28.7. The topological polar surface area (TPSA) is 87.8 Å². The molecule has 20 heavy (non-hydrogen) atoms. The minimum absolute atomic E-state index is 0.0517. The Hall–Kier alpha value is -1.89. The number of hydrogen-bond acceptors (Lipinski definition) is 4. The lowest BCUT2D eigenvalue weighted by atomic mass is 10.3. The number of aromatic nitrogens is 4. The van der Waals surface area contributed by atoms with E-state index < -0.39 is 0 Å². The van der Waals surface area contributed by atoms with Gasteiger partial charge in [-0.2, -0.15) is 0 Å². The monoisotopic (exact) mass is 279 g/mol. The number of nitrogens with zero attached hydrogens (tertiary/aromatic N) is 4. The molecule has 7 heteroatoms. The molecule has 0 unspecified atom stereocenters. The van der Waals surface area contributed by atoms with Crippen LogP contribution in [-0.2, 0) is 13.6 Å². The molecule has 0 saturated carbocycles. The third-order valence-corrected chi connectivity index (χ3v) is 3.42. The van der Waals surface area contributed by atoms with Gasteiger partial charge in [-0.15, -0.1) is 0 Å². The van der Waals surface area contributed by atoms with Crippen LogP contribution in [-0.4, -0.2) is 25.2 Å². The van der Waals surface area contributed by atoms with Crippen LogP contribution in [0.1, 0.15) is 32.7 Å². The van der Waals surface area contributed by atoms with Gasteiger partial charge in [-0.05, 0) is 33.2 Å². The summed E-state index contributed by atoms with van der Waals surface area (Å²) in [6, 6.07) is -0.0517. The molecule has 0 aliphatic rings. The van der Waals surface area contributed by atoms with Crippen molar-refractivity contribution in [1.82, 2.24) is 18.7 Å². The van der Waals surface area contributed by atoms with Crippen LogP contribution in [0, 0.1) is 0 Å². The number of unbranched alkanes of at least 4 members (excludes halogenated alkanes) is 1. The fourth-order valence-electron chi connectivity index (χ4n) is 2.33. The highest BCUT2D eigenvalue weighted by Gasteiger charge is 2.17. The van der Waals surface area contributed by atoms with Crippen LogP contribution in [0.15, 0.2) is 15.9 Å². The second-order valence-corrected chi connectivity index (χ2v) is 5.22. The summed E-state index contributed by atoms with van der Waals surface area (Å²) in [5, 5.41) is 0. The van der Waals surface area contributed by atoms with E-state index >= 15 is 0 Å². The molecule has 2 aromatic rings. The first-order valence-electron chi connectivity index (χ1n) is 6.85. The number of fused-ring (bicyclic) bond motifs is 1. The quantitative estimate of drug-likeness (QED) is 0.793. The fourth-order valence-corrected chi connectivity index (χ4v) is 2.33. The Balaban J connectivity index is 2.66. The molecule has 0 amide bonds. The molecule has 0 aliphatic heterocycles. The SMILES string of the molecule is CC(C)n1c(=O)n(C)c(=O)c2c1ncn2CCCCN. The number of hydrogen-bond donors (Lipinski definition) is 1. The van der Waals surface area contributed by atoms with E-state index in [0.717, 1.165) is 17.4 Å². The molecular weight excluding hydrogens is 258 g/mol. The number of aryl methyl sites for hydroxylation is 1. The molecule has 0 bridgehead atoms. The summed E-state index contributed by atoms with van der Waals surface area (Å²) in [6.07, 6.45) is 3.40. The van der Waals surface area contributed by atoms with Gasteiger partial charge in [0.05, 0.1) is 6.33 Å². The highest BCUT2D eigenvalue weighted by Crippen LogP contribution is 2.12. The Morgan fingerprint density at radius 2 is 2.00 bits per heavy atom. The Morgan fingerprint density at radius 3 is 2.60 bits per heavy atom. The van der Waals surface area contributed by atoms with Crippen LogP contribution < -0.4 is 17.0 Å². The summed E-state index contributed by atoms with van der Waals surface area (Å²) < 4.78 is 4.51. The highest BCUT2D eigenvalue weighted by molar-refractivity contribution is 5.70. The van der Waals surface area contributed by atoms with Crippen molar-refractivity contribution < 1.29 is 0 Å². The molecule has 2 aromatic heterocycles. The Labute approximate surface area is 116 Å². The van der Waals surface area contributed by atoms with Crippen molar-refractivity contribution >= 4 is 11.2 Å². The highest BCUT2D eigenvalue weighted by atomic mass is 16.2. The summed E-state index contributed by atoms with van der Waals surface area (Å²) in [7, 11) is 1.50. The first-order chi connectivity index (χ1) is 9.49. The lowest BCUT2D eigenvalue weighted by Crippen LogP contribution is -2.39. The zero-order chi connectivity index (χ0) is 14.9. The lowest BCUT2D eigenvalue weighted by Gasteiger charge is -2.12. The maximum atomic E-state index is 12.3. The second-order valence-electron chi connectivity index (χ2n) is 5.22. The summed E-state index contributed by atoms with van der Waals surface area (Å²) >= 11 is 0. The number of rotatable bonds is 5. The van der Waals surface area contributed by atoms with Crippen molar-refractivity contribution in [2.24, 2.45) is 12.8 Å². The Kier molecular flexibility index (Phi) is 4.08. The van der Waals surface area contributed by atoms with Crippen molar-refractivity contribution in [3.05, 3.63) is 27.2 Å². The minimum Gasteiger partial charge on any atom is -0.330 e. The minimum atomic E-state index is -0.329. The van der Waals surface area contributed by atoms with Gasteiger partial charge in [-0.25, -0.2) is 9.78 Å². The van der Waals surface area contributed by atoms with E-state index in [1.54, 1.807) is 10.9 Å². The van der Waals surface area contributed by atoms with E-state index in [2.05, 4.69) is 4.98 Å². The third kappa shape index (κ3) is 2.29. The van der Waals surface area contributed by atoms with Crippen molar-refractivity contribution in [3.8, 4) is 0 Å². The first-order valence-corrected chi connectivity index (χ1v) is 6.85. The molecule has 0 aromatic carbocycles. The zero-order valence-electron chi connectivity index (χ0n) is 12.2. The van der Waals surface area contributed by atoms with Crippen LogP contribution in [0.3, 0.4) is 0 Å². The van der Waals surface area contributed by atoms with Gasteiger partial charge in [-0.1, -0.05) is 0 Å². The summed E-state index contributed by atoms with van der Waals surface area (Å²) in [5.74, 6) is 0. The number of nitrogens with two attached hydrogens (primary N) is 1. The van der Waals surface area contributed by atoms with Gasteiger partial charge in [0.25, 0.3) is 5.56 Å². The van der Waals surface area contributed by atoms with Gasteiger partial charge in [0, 0.05) is 19.6 Å².